The summed E-state index contributed by atoms with van der Waals surface area (Å²) < 4.78 is 10.8. The molecule has 7 nitrogen and oxygen atoms in total. The standard InChI is InChI=1S/C23H38N4O3.HI/c1-23(2,3)30-22(28)27-19-12-10-18(11-13-19)26-21(25-17-7-4-5-8-17)24-15-14-20-9-6-16-29-20;/h6,9,16-19H,4-5,7-8,10-15H2,1-3H3,(H,27,28)(H2,24,25,26);1H. The minimum atomic E-state index is -0.463. The lowest BCUT2D eigenvalue weighted by atomic mass is 9.91. The van der Waals surface area contributed by atoms with Gasteiger partial charge >= 0.3 is 6.09 Å². The van der Waals surface area contributed by atoms with Gasteiger partial charge in [0.25, 0.3) is 0 Å². The summed E-state index contributed by atoms with van der Waals surface area (Å²) in [4.78, 5) is 16.8. The van der Waals surface area contributed by atoms with Gasteiger partial charge in [-0.05, 0) is 71.4 Å². The van der Waals surface area contributed by atoms with Crippen molar-refractivity contribution in [2.75, 3.05) is 6.54 Å². The Labute approximate surface area is 203 Å². The Morgan fingerprint density at radius 3 is 2.16 bits per heavy atom. The fourth-order valence-corrected chi connectivity index (χ4v) is 4.18. The SMILES string of the molecule is CC(C)(C)OC(=O)NC1CCC(NC(=NCCc2ccco2)NC2CCCC2)CC1.I. The average molecular weight is 546 g/mol. The maximum Gasteiger partial charge on any atom is 0.407 e. The number of ether oxygens (including phenoxy) is 1. The van der Waals surface area contributed by atoms with E-state index >= 15 is 0 Å². The number of nitrogens with zero attached hydrogens (tertiary/aromatic N) is 1. The molecule has 1 amide bonds. The Morgan fingerprint density at radius 2 is 1.61 bits per heavy atom. The van der Waals surface area contributed by atoms with Gasteiger partial charge in [0.1, 0.15) is 11.4 Å². The second-order valence-corrected chi connectivity index (χ2v) is 9.52. The lowest BCUT2D eigenvalue weighted by Gasteiger charge is -2.32. The first kappa shape index (κ1) is 25.8. The van der Waals surface area contributed by atoms with E-state index in [-0.39, 0.29) is 36.1 Å². The minimum absolute atomic E-state index is 0. The van der Waals surface area contributed by atoms with Crippen LogP contribution in [0.25, 0.3) is 0 Å². The van der Waals surface area contributed by atoms with E-state index in [0.29, 0.717) is 18.6 Å². The van der Waals surface area contributed by atoms with E-state index in [9.17, 15) is 4.79 Å². The van der Waals surface area contributed by atoms with Crippen LogP contribution in [0.4, 0.5) is 4.79 Å². The summed E-state index contributed by atoms with van der Waals surface area (Å²) in [6.45, 7) is 6.36. The average Bonchev–Trinajstić information content (AvgIpc) is 3.36. The molecule has 0 saturated heterocycles. The van der Waals surface area contributed by atoms with Crippen molar-refractivity contribution >= 4 is 36.0 Å². The molecule has 1 heterocycles. The summed E-state index contributed by atoms with van der Waals surface area (Å²) >= 11 is 0. The molecule has 0 atom stereocenters. The number of amides is 1. The Morgan fingerprint density at radius 1 is 1.03 bits per heavy atom. The quantitative estimate of drug-likeness (QED) is 0.272. The van der Waals surface area contributed by atoms with E-state index in [4.69, 9.17) is 14.1 Å². The number of hydrogen-bond donors (Lipinski definition) is 3. The van der Waals surface area contributed by atoms with Crippen LogP contribution in [0.5, 0.6) is 0 Å². The van der Waals surface area contributed by atoms with Gasteiger partial charge in [0.15, 0.2) is 5.96 Å². The van der Waals surface area contributed by atoms with Crippen LogP contribution < -0.4 is 16.0 Å². The summed E-state index contributed by atoms with van der Waals surface area (Å²) in [6.07, 6.45) is 11.1. The second kappa shape index (κ2) is 12.6. The fraction of sp³-hybridized carbons (Fsp3) is 0.739. The number of alkyl carbamates (subject to hydrolysis) is 1. The van der Waals surface area contributed by atoms with Crippen LogP contribution in [0.15, 0.2) is 27.8 Å². The van der Waals surface area contributed by atoms with Gasteiger partial charge < -0.3 is 25.1 Å². The van der Waals surface area contributed by atoms with Crippen LogP contribution in [0, 0.1) is 0 Å². The maximum absolute atomic E-state index is 12.0. The van der Waals surface area contributed by atoms with Gasteiger partial charge in [-0.3, -0.25) is 4.99 Å². The summed E-state index contributed by atoms with van der Waals surface area (Å²) in [7, 11) is 0. The number of halogens is 1. The lowest BCUT2D eigenvalue weighted by Crippen LogP contribution is -2.50. The first-order valence-corrected chi connectivity index (χ1v) is 11.5. The molecular formula is C23H39IN4O3. The predicted octanol–water partition coefficient (Wildman–Crippen LogP) is 4.75. The van der Waals surface area contributed by atoms with Gasteiger partial charge in [-0.1, -0.05) is 12.8 Å². The molecule has 0 spiro atoms. The van der Waals surface area contributed by atoms with Gasteiger partial charge in [0.2, 0.25) is 0 Å². The summed E-state index contributed by atoms with van der Waals surface area (Å²) in [5.41, 5.74) is -0.463. The zero-order valence-electron chi connectivity index (χ0n) is 19.1. The summed E-state index contributed by atoms with van der Waals surface area (Å²) in [5, 5.41) is 10.3. The van der Waals surface area contributed by atoms with E-state index in [1.807, 2.05) is 32.9 Å². The molecular weight excluding hydrogens is 507 g/mol. The van der Waals surface area contributed by atoms with Crippen molar-refractivity contribution in [1.82, 2.24) is 16.0 Å². The molecule has 2 aliphatic rings. The number of guanidine groups is 1. The zero-order valence-corrected chi connectivity index (χ0v) is 21.4. The third-order valence-corrected chi connectivity index (χ3v) is 5.69. The number of furan rings is 1. The van der Waals surface area contributed by atoms with Crippen molar-refractivity contribution in [3.63, 3.8) is 0 Å². The first-order chi connectivity index (χ1) is 14.4. The Kier molecular flexibility index (Phi) is 10.4. The molecule has 1 aromatic heterocycles. The van der Waals surface area contributed by atoms with Crippen molar-refractivity contribution in [1.29, 1.82) is 0 Å². The van der Waals surface area contributed by atoms with Crippen LogP contribution in [0.1, 0.15) is 77.9 Å². The number of nitrogens with one attached hydrogen (secondary N) is 3. The van der Waals surface area contributed by atoms with Crippen LogP contribution in [-0.4, -0.2) is 42.3 Å². The van der Waals surface area contributed by atoms with E-state index < -0.39 is 5.60 Å². The number of rotatable bonds is 6. The topological polar surface area (TPSA) is 87.9 Å². The number of aliphatic imine (C=N–C) groups is 1. The highest BCUT2D eigenvalue weighted by molar-refractivity contribution is 14.0. The van der Waals surface area contributed by atoms with Gasteiger partial charge in [-0.25, -0.2) is 4.79 Å². The molecule has 176 valence electrons. The molecule has 3 N–H and O–H groups in total. The molecule has 2 saturated carbocycles. The van der Waals surface area contributed by atoms with Crippen molar-refractivity contribution in [3.8, 4) is 0 Å². The normalized spacial score (nSPS) is 22.5. The van der Waals surface area contributed by atoms with Crippen LogP contribution >= 0.6 is 24.0 Å². The fourth-order valence-electron chi connectivity index (χ4n) is 4.18. The van der Waals surface area contributed by atoms with Gasteiger partial charge in [0.05, 0.1) is 6.26 Å². The van der Waals surface area contributed by atoms with Crippen molar-refractivity contribution in [2.24, 2.45) is 4.99 Å². The molecule has 0 radical (unpaired) electrons. The van der Waals surface area contributed by atoms with E-state index in [2.05, 4.69) is 16.0 Å². The van der Waals surface area contributed by atoms with Gasteiger partial charge in [-0.15, -0.1) is 24.0 Å². The third-order valence-electron chi connectivity index (χ3n) is 5.69. The highest BCUT2D eigenvalue weighted by atomic mass is 127. The largest absolute Gasteiger partial charge is 0.469 e. The molecule has 0 aliphatic heterocycles. The summed E-state index contributed by atoms with van der Waals surface area (Å²) in [5.74, 6) is 1.88. The number of carbonyl (C=O) groups is 1. The van der Waals surface area contributed by atoms with Crippen LogP contribution in [-0.2, 0) is 11.2 Å². The number of hydrogen-bond acceptors (Lipinski definition) is 4. The molecule has 0 aromatic carbocycles. The summed E-state index contributed by atoms with van der Waals surface area (Å²) in [6, 6.07) is 4.98. The van der Waals surface area contributed by atoms with Crippen molar-refractivity contribution in [2.45, 2.75) is 102 Å². The molecule has 31 heavy (non-hydrogen) atoms. The van der Waals surface area contributed by atoms with Crippen LogP contribution in [0.2, 0.25) is 0 Å². The molecule has 1 aromatic rings. The monoisotopic (exact) mass is 546 g/mol. The van der Waals surface area contributed by atoms with E-state index in [1.54, 1.807) is 6.26 Å². The smallest absolute Gasteiger partial charge is 0.407 e. The van der Waals surface area contributed by atoms with E-state index in [0.717, 1.165) is 43.8 Å². The predicted molar refractivity (Wildman–Crippen MR) is 134 cm³/mol. The zero-order chi connectivity index (χ0) is 21.4. The molecule has 3 rings (SSSR count). The lowest BCUT2D eigenvalue weighted by molar-refractivity contribution is 0.0490. The highest BCUT2D eigenvalue weighted by Gasteiger charge is 2.26. The van der Waals surface area contributed by atoms with E-state index in [1.165, 1.54) is 25.7 Å². The molecule has 2 aliphatic carbocycles. The Bertz CT molecular complexity index is 673. The van der Waals surface area contributed by atoms with Gasteiger partial charge in [-0.2, -0.15) is 0 Å². The Balaban J connectivity index is 0.00000341. The van der Waals surface area contributed by atoms with Crippen LogP contribution in [0.3, 0.4) is 0 Å². The third kappa shape index (κ3) is 9.70. The minimum Gasteiger partial charge on any atom is -0.469 e. The highest BCUT2D eigenvalue weighted by Crippen LogP contribution is 2.20. The van der Waals surface area contributed by atoms with Crippen molar-refractivity contribution < 1.29 is 13.9 Å². The van der Waals surface area contributed by atoms with Crippen molar-refractivity contribution in [3.05, 3.63) is 24.2 Å². The molecule has 8 heteroatoms. The van der Waals surface area contributed by atoms with Gasteiger partial charge in [0, 0.05) is 31.1 Å². The second-order valence-electron chi connectivity index (χ2n) is 9.52. The first-order valence-electron chi connectivity index (χ1n) is 11.5. The number of carbonyl (C=O) groups excluding carboxylic acids is 1. The Hall–Kier alpha value is -1.45. The molecule has 0 unspecified atom stereocenters. The molecule has 2 fully saturated rings. The molecule has 0 bridgehead atoms. The maximum atomic E-state index is 12.0.